The van der Waals surface area contributed by atoms with Gasteiger partial charge in [0.25, 0.3) is 0 Å². The van der Waals surface area contributed by atoms with Gasteiger partial charge < -0.3 is 4.74 Å². The standard InChI is InChI=1S/C17H24O2/c1-9-19-17(7,8)16(18)15-13(5)11(3)10(2)12(4)14(15)6/h9H,1H2,2-8H3. The van der Waals surface area contributed by atoms with Crippen molar-refractivity contribution in [3.05, 3.63) is 46.2 Å². The highest BCUT2D eigenvalue weighted by Crippen LogP contribution is 2.29. The Morgan fingerprint density at radius 3 is 1.68 bits per heavy atom. The van der Waals surface area contributed by atoms with Gasteiger partial charge in [-0.2, -0.15) is 0 Å². The van der Waals surface area contributed by atoms with E-state index in [1.165, 1.54) is 23.0 Å². The van der Waals surface area contributed by atoms with Crippen molar-refractivity contribution >= 4 is 5.78 Å². The molecule has 0 N–H and O–H groups in total. The van der Waals surface area contributed by atoms with E-state index in [-0.39, 0.29) is 5.78 Å². The van der Waals surface area contributed by atoms with Crippen LogP contribution in [-0.4, -0.2) is 11.4 Å². The molecule has 0 aliphatic heterocycles. The van der Waals surface area contributed by atoms with E-state index in [4.69, 9.17) is 4.74 Å². The molecule has 19 heavy (non-hydrogen) atoms. The Morgan fingerprint density at radius 2 is 1.32 bits per heavy atom. The van der Waals surface area contributed by atoms with Crippen LogP contribution < -0.4 is 0 Å². The number of ketones is 1. The second kappa shape index (κ2) is 5.20. The smallest absolute Gasteiger partial charge is 0.206 e. The lowest BCUT2D eigenvalue weighted by molar-refractivity contribution is 0.0407. The molecule has 0 amide bonds. The van der Waals surface area contributed by atoms with Crippen LogP contribution in [0.25, 0.3) is 0 Å². The Hall–Kier alpha value is -1.57. The number of benzene rings is 1. The van der Waals surface area contributed by atoms with Crippen molar-refractivity contribution in [3.63, 3.8) is 0 Å². The minimum absolute atomic E-state index is 0.00796. The monoisotopic (exact) mass is 260 g/mol. The molecule has 0 aliphatic rings. The van der Waals surface area contributed by atoms with Crippen molar-refractivity contribution in [3.8, 4) is 0 Å². The first-order valence-corrected chi connectivity index (χ1v) is 6.55. The van der Waals surface area contributed by atoms with Crippen LogP contribution >= 0.6 is 0 Å². The summed E-state index contributed by atoms with van der Waals surface area (Å²) in [6.07, 6.45) is 1.33. The number of rotatable bonds is 4. The molecule has 0 radical (unpaired) electrons. The molecule has 0 spiro atoms. The summed E-state index contributed by atoms with van der Waals surface area (Å²) >= 11 is 0. The number of carbonyl (C=O) groups excluding carboxylic acids is 1. The molecule has 0 unspecified atom stereocenters. The van der Waals surface area contributed by atoms with Crippen molar-refractivity contribution in [2.75, 3.05) is 0 Å². The van der Waals surface area contributed by atoms with Gasteiger partial charge in [0.15, 0.2) is 5.60 Å². The number of ether oxygens (including phenoxy) is 1. The molecule has 1 aromatic carbocycles. The van der Waals surface area contributed by atoms with Crippen LogP contribution in [-0.2, 0) is 4.74 Å². The molecule has 2 nitrogen and oxygen atoms in total. The average Bonchev–Trinajstić information content (AvgIpc) is 2.34. The average molecular weight is 260 g/mol. The second-order valence-electron chi connectivity index (χ2n) is 5.62. The molecule has 0 aliphatic carbocycles. The fraction of sp³-hybridized carbons (Fsp3) is 0.471. The minimum atomic E-state index is -0.884. The molecule has 0 heterocycles. The van der Waals surface area contributed by atoms with E-state index in [1.807, 2.05) is 13.8 Å². The van der Waals surface area contributed by atoms with Crippen molar-refractivity contribution in [1.29, 1.82) is 0 Å². The zero-order valence-electron chi connectivity index (χ0n) is 13.1. The van der Waals surface area contributed by atoms with Gasteiger partial charge in [-0.05, 0) is 76.3 Å². The highest BCUT2D eigenvalue weighted by atomic mass is 16.5. The predicted molar refractivity (Wildman–Crippen MR) is 79.8 cm³/mol. The molecule has 0 atom stereocenters. The van der Waals surface area contributed by atoms with E-state index < -0.39 is 5.60 Å². The third-order valence-electron chi connectivity index (χ3n) is 4.15. The molecular weight excluding hydrogens is 236 g/mol. The highest BCUT2D eigenvalue weighted by molar-refractivity contribution is 6.05. The summed E-state index contributed by atoms with van der Waals surface area (Å²) in [6.45, 7) is 17.3. The summed E-state index contributed by atoms with van der Waals surface area (Å²) in [5.74, 6) is 0.00796. The van der Waals surface area contributed by atoms with E-state index in [0.717, 1.165) is 16.7 Å². The van der Waals surface area contributed by atoms with Gasteiger partial charge >= 0.3 is 0 Å². The maximum absolute atomic E-state index is 12.7. The fourth-order valence-corrected chi connectivity index (χ4v) is 2.40. The zero-order chi connectivity index (χ0) is 15.0. The van der Waals surface area contributed by atoms with Crippen molar-refractivity contribution in [2.24, 2.45) is 0 Å². The molecule has 0 saturated carbocycles. The van der Waals surface area contributed by atoms with Crippen LogP contribution in [0.2, 0.25) is 0 Å². The lowest BCUT2D eigenvalue weighted by Crippen LogP contribution is -2.34. The SMILES string of the molecule is C=COC(C)(C)C(=O)c1c(C)c(C)c(C)c(C)c1C. The largest absolute Gasteiger partial charge is 0.488 e. The van der Waals surface area contributed by atoms with E-state index in [2.05, 4.69) is 27.4 Å². The van der Waals surface area contributed by atoms with Crippen LogP contribution in [0.3, 0.4) is 0 Å². The molecule has 0 aromatic heterocycles. The Kier molecular flexibility index (Phi) is 4.24. The van der Waals surface area contributed by atoms with E-state index >= 15 is 0 Å². The Labute approximate surface area is 116 Å². The van der Waals surface area contributed by atoms with E-state index in [9.17, 15) is 4.79 Å². The molecule has 104 valence electrons. The first-order valence-electron chi connectivity index (χ1n) is 6.55. The first-order chi connectivity index (χ1) is 8.65. The van der Waals surface area contributed by atoms with Crippen molar-refractivity contribution in [1.82, 2.24) is 0 Å². The highest BCUT2D eigenvalue weighted by Gasteiger charge is 2.32. The summed E-state index contributed by atoms with van der Waals surface area (Å²) < 4.78 is 5.38. The Balaban J connectivity index is 3.52. The Bertz CT molecular complexity index is 508. The van der Waals surface area contributed by atoms with E-state index in [0.29, 0.717) is 0 Å². The summed E-state index contributed by atoms with van der Waals surface area (Å²) in [5.41, 5.74) is 5.62. The van der Waals surface area contributed by atoms with Gasteiger partial charge in [0.1, 0.15) is 0 Å². The van der Waals surface area contributed by atoms with Crippen LogP contribution in [0.15, 0.2) is 12.8 Å². The van der Waals surface area contributed by atoms with Gasteiger partial charge in [-0.1, -0.05) is 6.58 Å². The fourth-order valence-electron chi connectivity index (χ4n) is 2.40. The number of Topliss-reactive ketones (excluding diaryl/α,β-unsaturated/α-hetero) is 1. The molecule has 0 fully saturated rings. The summed E-state index contributed by atoms with van der Waals surface area (Å²) in [7, 11) is 0. The Morgan fingerprint density at radius 1 is 0.947 bits per heavy atom. The van der Waals surface area contributed by atoms with Crippen molar-refractivity contribution in [2.45, 2.75) is 54.1 Å². The lowest BCUT2D eigenvalue weighted by Gasteiger charge is -2.26. The number of hydrogen-bond acceptors (Lipinski definition) is 2. The zero-order valence-corrected chi connectivity index (χ0v) is 13.1. The first kappa shape index (κ1) is 15.5. The van der Waals surface area contributed by atoms with Crippen molar-refractivity contribution < 1.29 is 9.53 Å². The number of hydrogen-bond donors (Lipinski definition) is 0. The second-order valence-corrected chi connectivity index (χ2v) is 5.62. The van der Waals surface area contributed by atoms with E-state index in [1.54, 1.807) is 13.8 Å². The third kappa shape index (κ3) is 2.58. The topological polar surface area (TPSA) is 26.3 Å². The normalized spacial score (nSPS) is 11.3. The quantitative estimate of drug-likeness (QED) is 0.594. The molecule has 0 saturated heterocycles. The van der Waals surface area contributed by atoms with Crippen LogP contribution in [0, 0.1) is 34.6 Å². The molecule has 2 heteroatoms. The van der Waals surface area contributed by atoms with Crippen LogP contribution in [0.1, 0.15) is 52.0 Å². The molecule has 0 bridgehead atoms. The van der Waals surface area contributed by atoms with Gasteiger partial charge in [0.05, 0.1) is 6.26 Å². The van der Waals surface area contributed by atoms with Gasteiger partial charge in [-0.15, -0.1) is 0 Å². The summed E-state index contributed by atoms with van der Waals surface area (Å²) in [4.78, 5) is 12.7. The van der Waals surface area contributed by atoms with Gasteiger partial charge in [0, 0.05) is 5.56 Å². The minimum Gasteiger partial charge on any atom is -0.488 e. The van der Waals surface area contributed by atoms with Crippen LogP contribution in [0.5, 0.6) is 0 Å². The number of carbonyl (C=O) groups is 1. The van der Waals surface area contributed by atoms with Gasteiger partial charge in [-0.25, -0.2) is 0 Å². The molecule has 1 aromatic rings. The van der Waals surface area contributed by atoms with Gasteiger partial charge in [-0.3, -0.25) is 4.79 Å². The lowest BCUT2D eigenvalue weighted by atomic mass is 9.84. The summed E-state index contributed by atoms with van der Waals surface area (Å²) in [5, 5.41) is 0. The molecule has 1 rings (SSSR count). The van der Waals surface area contributed by atoms with Crippen LogP contribution in [0.4, 0.5) is 0 Å². The third-order valence-corrected chi connectivity index (χ3v) is 4.15. The maximum atomic E-state index is 12.7. The maximum Gasteiger partial charge on any atom is 0.206 e. The summed E-state index contributed by atoms with van der Waals surface area (Å²) in [6, 6.07) is 0. The van der Waals surface area contributed by atoms with Gasteiger partial charge in [0.2, 0.25) is 5.78 Å². The predicted octanol–water partition coefficient (Wildman–Crippen LogP) is 4.35. The molecular formula is C17H24O2.